The van der Waals surface area contributed by atoms with Crippen LogP contribution >= 0.6 is 11.6 Å². The van der Waals surface area contributed by atoms with Crippen molar-refractivity contribution in [2.24, 2.45) is 0 Å². The fourth-order valence-electron chi connectivity index (χ4n) is 5.51. The lowest BCUT2D eigenvalue weighted by molar-refractivity contribution is -0.126. The maximum atomic E-state index is 14.6. The molecule has 4 heterocycles. The zero-order valence-corrected chi connectivity index (χ0v) is 24.8. The molecule has 0 radical (unpaired) electrons. The largest absolute Gasteiger partial charge is 0.434 e. The van der Waals surface area contributed by atoms with Crippen LogP contribution in [0.2, 0.25) is 5.02 Å². The minimum absolute atomic E-state index is 0.00295. The van der Waals surface area contributed by atoms with E-state index in [1.165, 1.54) is 17.8 Å². The van der Waals surface area contributed by atoms with Gasteiger partial charge in [-0.05, 0) is 43.3 Å². The molecule has 1 saturated heterocycles. The van der Waals surface area contributed by atoms with Gasteiger partial charge in [0, 0.05) is 62.9 Å². The van der Waals surface area contributed by atoms with Crippen molar-refractivity contribution in [3.8, 4) is 23.4 Å². The zero-order chi connectivity index (χ0) is 31.0. The van der Waals surface area contributed by atoms with Crippen molar-refractivity contribution in [2.45, 2.75) is 13.0 Å². The van der Waals surface area contributed by atoms with Crippen LogP contribution in [-0.2, 0) is 17.8 Å². The number of ether oxygens (including phenoxy) is 2. The topological polar surface area (TPSA) is 134 Å². The van der Waals surface area contributed by atoms with E-state index in [-0.39, 0.29) is 45.3 Å². The summed E-state index contributed by atoms with van der Waals surface area (Å²) in [6.07, 6.45) is 4.58. The molecule has 44 heavy (non-hydrogen) atoms. The third-order valence-electron chi connectivity index (χ3n) is 7.81. The number of anilines is 2. The summed E-state index contributed by atoms with van der Waals surface area (Å²) in [5.41, 5.74) is 8.61. The summed E-state index contributed by atoms with van der Waals surface area (Å²) in [5.74, 6) is 0.137. The van der Waals surface area contributed by atoms with Crippen LogP contribution in [0.3, 0.4) is 0 Å². The number of piperazine rings is 1. The highest BCUT2D eigenvalue weighted by atomic mass is 35.5. The molecule has 1 fully saturated rings. The Bertz CT molecular complexity index is 1790. The average Bonchev–Trinajstić information content (AvgIpc) is 3.03. The molecule has 11 nitrogen and oxygen atoms in total. The van der Waals surface area contributed by atoms with Gasteiger partial charge < -0.3 is 35.3 Å². The summed E-state index contributed by atoms with van der Waals surface area (Å²) in [7, 11) is 2.08. The summed E-state index contributed by atoms with van der Waals surface area (Å²) >= 11 is 6.28. The maximum Gasteiger partial charge on any atom is 0.324 e. The van der Waals surface area contributed by atoms with Gasteiger partial charge in [-0.15, -0.1) is 0 Å². The van der Waals surface area contributed by atoms with Crippen LogP contribution in [0.25, 0.3) is 10.9 Å². The number of carbonyl (C=O) groups excluding carboxylic acids is 1. The molecule has 13 heteroatoms. The fraction of sp³-hybridized carbons (Fsp3) is 0.258. The highest BCUT2D eigenvalue weighted by Gasteiger charge is 2.26. The van der Waals surface area contributed by atoms with Crippen LogP contribution in [0, 0.1) is 11.2 Å². The summed E-state index contributed by atoms with van der Waals surface area (Å²) in [6, 6.07) is 8.77. The molecule has 0 saturated carbocycles. The molecule has 0 bridgehead atoms. The Morgan fingerprint density at radius 1 is 1.16 bits per heavy atom. The number of hydrogen-bond acceptors (Lipinski definition) is 10. The Morgan fingerprint density at radius 2 is 1.95 bits per heavy atom. The maximum absolute atomic E-state index is 14.6. The number of amides is 1. The third kappa shape index (κ3) is 5.49. The molecule has 2 aliphatic heterocycles. The summed E-state index contributed by atoms with van der Waals surface area (Å²) in [4.78, 5) is 32.2. The molecule has 0 spiro atoms. The van der Waals surface area contributed by atoms with E-state index >= 15 is 0 Å². The minimum atomic E-state index is -0.796. The van der Waals surface area contributed by atoms with Gasteiger partial charge in [-0.1, -0.05) is 30.3 Å². The van der Waals surface area contributed by atoms with Gasteiger partial charge in [0.1, 0.15) is 27.9 Å². The van der Waals surface area contributed by atoms with E-state index in [0.717, 1.165) is 37.4 Å². The molecular weight excluding hydrogens is 587 g/mol. The second kappa shape index (κ2) is 12.1. The Morgan fingerprint density at radius 3 is 2.70 bits per heavy atom. The van der Waals surface area contributed by atoms with Crippen LogP contribution in [0.15, 0.2) is 49.2 Å². The molecule has 4 aromatic rings. The Balaban J connectivity index is 1.46. The quantitative estimate of drug-likeness (QED) is 0.170. The van der Waals surface area contributed by atoms with Crippen molar-refractivity contribution in [2.75, 3.05) is 50.4 Å². The van der Waals surface area contributed by atoms with E-state index in [9.17, 15) is 9.18 Å². The Hall–Kier alpha value is -4.81. The first kappa shape index (κ1) is 29.3. The van der Waals surface area contributed by atoms with Gasteiger partial charge in [-0.3, -0.25) is 4.79 Å². The number of rotatable bonds is 7. The molecular formula is C31H30ClFN8O3. The number of carbonyl (C=O) groups is 1. The lowest BCUT2D eigenvalue weighted by atomic mass is 9.99. The number of hydrogen-bond donors (Lipinski definition) is 2. The molecule has 0 aliphatic carbocycles. The molecule has 0 atom stereocenters. The van der Waals surface area contributed by atoms with Crippen molar-refractivity contribution in [1.82, 2.24) is 24.8 Å². The van der Waals surface area contributed by atoms with Gasteiger partial charge in [0.05, 0.1) is 10.9 Å². The van der Waals surface area contributed by atoms with E-state index < -0.39 is 5.82 Å². The van der Waals surface area contributed by atoms with Crippen LogP contribution < -0.4 is 20.1 Å². The number of fused-ring (bicyclic) bond motifs is 2. The second-order valence-electron chi connectivity index (χ2n) is 10.6. The van der Waals surface area contributed by atoms with Crippen molar-refractivity contribution >= 4 is 46.1 Å². The minimum Gasteiger partial charge on any atom is -0.434 e. The normalized spacial score (nSPS) is 15.2. The van der Waals surface area contributed by atoms with Crippen LogP contribution in [0.1, 0.15) is 16.7 Å². The van der Waals surface area contributed by atoms with Gasteiger partial charge in [-0.2, -0.15) is 9.97 Å². The lowest BCUT2D eigenvalue weighted by Gasteiger charge is -2.35. The van der Waals surface area contributed by atoms with E-state index in [1.54, 1.807) is 11.0 Å². The predicted octanol–water partition coefficient (Wildman–Crippen LogP) is 4.80. The summed E-state index contributed by atoms with van der Waals surface area (Å²) in [6.45, 7) is 7.24. The first-order valence-electron chi connectivity index (χ1n) is 14.0. The lowest BCUT2D eigenvalue weighted by Crippen LogP contribution is -2.48. The fourth-order valence-corrected chi connectivity index (χ4v) is 5.71. The number of aromatic nitrogens is 3. The van der Waals surface area contributed by atoms with E-state index in [4.69, 9.17) is 42.2 Å². The highest BCUT2D eigenvalue weighted by Crippen LogP contribution is 2.40. The number of nitrogens with one attached hydrogen (secondary N) is 1. The summed E-state index contributed by atoms with van der Waals surface area (Å²) in [5, 5.41) is 8.08. The molecule has 2 aromatic heterocycles. The standard InChI is InChI=1S/C31H30ClFN8O3/c1-3-25(42)40-11-13-41(14-12-40)29-20-7-9-36-30(44-28-21(16-34)23(35)15-22(33)26(28)32)27(20)37-31(38-29)43-24-6-4-5-18-17-39(2)10-8-19(18)24/h3-7,9,15-16,34H,1,8,10-14,17,35H2,2H3. The van der Waals surface area contributed by atoms with Gasteiger partial charge >= 0.3 is 6.01 Å². The highest BCUT2D eigenvalue weighted by molar-refractivity contribution is 6.33. The zero-order valence-electron chi connectivity index (χ0n) is 24.0. The molecule has 1 amide bonds. The molecule has 2 aliphatic rings. The van der Waals surface area contributed by atoms with Gasteiger partial charge in [-0.25, -0.2) is 9.37 Å². The first-order chi connectivity index (χ1) is 21.3. The third-order valence-corrected chi connectivity index (χ3v) is 8.16. The molecule has 3 N–H and O–H groups in total. The number of nitrogen functional groups attached to an aromatic ring is 1. The van der Waals surface area contributed by atoms with Crippen molar-refractivity contribution < 1.29 is 18.7 Å². The summed E-state index contributed by atoms with van der Waals surface area (Å²) < 4.78 is 27.0. The van der Waals surface area contributed by atoms with Gasteiger partial charge in [0.15, 0.2) is 5.75 Å². The van der Waals surface area contributed by atoms with E-state index in [2.05, 4.69) is 29.6 Å². The second-order valence-corrected chi connectivity index (χ2v) is 11.0. The van der Waals surface area contributed by atoms with Crippen LogP contribution in [0.4, 0.5) is 15.9 Å². The molecule has 2 aromatic carbocycles. The average molecular weight is 617 g/mol. The Labute approximate surface area is 258 Å². The number of halogens is 2. The SMILES string of the molecule is C=CC(=O)N1CCN(c2nc(Oc3cccc4c3CCN(C)C4)nc3c(Oc4c(Cl)c(F)cc(N)c4C=N)nccc23)CC1. The van der Waals surface area contributed by atoms with Crippen LogP contribution in [-0.4, -0.2) is 76.6 Å². The first-order valence-corrected chi connectivity index (χ1v) is 14.4. The Kier molecular flexibility index (Phi) is 8.02. The number of nitrogens with zero attached hydrogens (tertiary/aromatic N) is 6. The predicted molar refractivity (Wildman–Crippen MR) is 167 cm³/mol. The van der Waals surface area contributed by atoms with E-state index in [0.29, 0.717) is 43.1 Å². The van der Waals surface area contributed by atoms with Gasteiger partial charge in [0.2, 0.25) is 11.8 Å². The van der Waals surface area contributed by atoms with Crippen molar-refractivity contribution in [1.29, 1.82) is 5.41 Å². The molecule has 226 valence electrons. The van der Waals surface area contributed by atoms with Crippen LogP contribution in [0.5, 0.6) is 23.4 Å². The van der Waals surface area contributed by atoms with Gasteiger partial charge in [0.25, 0.3) is 0 Å². The number of nitrogens with two attached hydrogens (primary N) is 1. The van der Waals surface area contributed by atoms with Crippen molar-refractivity contribution in [3.05, 3.63) is 76.7 Å². The van der Waals surface area contributed by atoms with Crippen molar-refractivity contribution in [3.63, 3.8) is 0 Å². The number of pyridine rings is 1. The molecule has 6 rings (SSSR count). The monoisotopic (exact) mass is 616 g/mol. The molecule has 0 unspecified atom stereocenters. The number of likely N-dealkylation sites (N-methyl/N-ethyl adjacent to an activating group) is 1. The van der Waals surface area contributed by atoms with E-state index in [1.807, 2.05) is 17.0 Å². The smallest absolute Gasteiger partial charge is 0.324 e. The number of benzene rings is 2.